The zero-order chi connectivity index (χ0) is 12.6. The van der Waals surface area contributed by atoms with E-state index in [-0.39, 0.29) is 0 Å². The van der Waals surface area contributed by atoms with Gasteiger partial charge in [0.05, 0.1) is 12.0 Å². The van der Waals surface area contributed by atoms with Gasteiger partial charge in [0.15, 0.2) is 0 Å². The van der Waals surface area contributed by atoms with E-state index in [1.807, 2.05) is 0 Å². The van der Waals surface area contributed by atoms with Crippen LogP contribution >= 0.6 is 0 Å². The van der Waals surface area contributed by atoms with Crippen LogP contribution in [0, 0.1) is 5.82 Å². The highest BCUT2D eigenvalue weighted by atomic mass is 19.4. The maximum absolute atomic E-state index is 13.1. The molecule has 0 aliphatic carbocycles. The molecule has 0 heterocycles. The fraction of sp³-hybridized carbons (Fsp3) is 0.333. The average molecular weight is 246 g/mol. The molecule has 16 heavy (non-hydrogen) atoms. The van der Waals surface area contributed by atoms with Crippen LogP contribution in [0.25, 0.3) is 0 Å². The molecule has 0 amide bonds. The van der Waals surface area contributed by atoms with Crippen LogP contribution in [0.4, 0.5) is 30.7 Å². The molecule has 0 N–H and O–H groups in total. The summed E-state index contributed by atoms with van der Waals surface area (Å²) in [4.78, 5) is 0. The van der Waals surface area contributed by atoms with E-state index in [2.05, 4.69) is 0 Å². The Labute approximate surface area is 85.7 Å². The third-order valence-corrected chi connectivity index (χ3v) is 1.77. The highest BCUT2D eigenvalue weighted by Gasteiger charge is 2.37. The normalized spacial score (nSPS) is 12.9. The molecule has 0 spiro atoms. The highest BCUT2D eigenvalue weighted by Crippen LogP contribution is 2.33. The minimum absolute atomic E-state index is 0.398. The zero-order valence-corrected chi connectivity index (χ0v) is 7.58. The Balaban J connectivity index is 3.15. The summed E-state index contributed by atoms with van der Waals surface area (Å²) in [6.07, 6.45) is -11.5. The van der Waals surface area contributed by atoms with Crippen molar-refractivity contribution < 1.29 is 30.7 Å². The first kappa shape index (κ1) is 12.8. The average Bonchev–Trinajstić information content (AvgIpc) is 2.04. The number of alkyl halides is 6. The second-order valence-corrected chi connectivity index (χ2v) is 3.07. The van der Waals surface area contributed by atoms with Crippen molar-refractivity contribution >= 4 is 0 Å². The van der Waals surface area contributed by atoms with Crippen molar-refractivity contribution in [3.8, 4) is 0 Å². The van der Waals surface area contributed by atoms with Crippen LogP contribution < -0.4 is 0 Å². The molecule has 1 aromatic rings. The molecule has 1 aromatic carbocycles. The number of halogens is 7. The van der Waals surface area contributed by atoms with Gasteiger partial charge in [-0.15, -0.1) is 0 Å². The van der Waals surface area contributed by atoms with E-state index < -0.39 is 35.7 Å². The molecule has 0 radical (unpaired) electrons. The lowest BCUT2D eigenvalue weighted by molar-refractivity contribution is -0.141. The predicted octanol–water partition coefficient (Wildman–Crippen LogP) is 3.95. The molecule has 0 saturated heterocycles. The molecular weight excluding hydrogens is 241 g/mol. The van der Waals surface area contributed by atoms with Gasteiger partial charge in [-0.25, -0.2) is 4.39 Å². The molecule has 0 saturated carbocycles. The van der Waals surface area contributed by atoms with Gasteiger partial charge in [-0.3, -0.25) is 0 Å². The molecule has 0 atom stereocenters. The summed E-state index contributed by atoms with van der Waals surface area (Å²) in [5, 5.41) is 0. The van der Waals surface area contributed by atoms with E-state index in [4.69, 9.17) is 0 Å². The van der Waals surface area contributed by atoms with Crippen LogP contribution in [0.3, 0.4) is 0 Å². The van der Waals surface area contributed by atoms with Crippen LogP contribution in [0.5, 0.6) is 0 Å². The van der Waals surface area contributed by atoms with Crippen molar-refractivity contribution in [2.45, 2.75) is 18.8 Å². The van der Waals surface area contributed by atoms with Crippen molar-refractivity contribution in [3.05, 3.63) is 35.1 Å². The van der Waals surface area contributed by atoms with E-state index in [0.29, 0.717) is 12.1 Å². The van der Waals surface area contributed by atoms with Crippen LogP contribution in [0.15, 0.2) is 18.2 Å². The largest absolute Gasteiger partial charge is 0.419 e. The standard InChI is InChI=1S/C9H5F7/c10-7-5(4-8(11,12)13)2-1-3-6(7)9(14,15)16/h1-3H,4H2. The van der Waals surface area contributed by atoms with Crippen molar-refractivity contribution in [1.82, 2.24) is 0 Å². The number of benzene rings is 1. The number of rotatable bonds is 1. The van der Waals surface area contributed by atoms with Gasteiger partial charge in [0.2, 0.25) is 0 Å². The van der Waals surface area contributed by atoms with Gasteiger partial charge >= 0.3 is 12.4 Å². The van der Waals surface area contributed by atoms with E-state index in [1.165, 1.54) is 0 Å². The molecular formula is C9H5F7. The van der Waals surface area contributed by atoms with Crippen LogP contribution in [0.1, 0.15) is 11.1 Å². The smallest absolute Gasteiger partial charge is 0.206 e. The maximum Gasteiger partial charge on any atom is 0.419 e. The van der Waals surface area contributed by atoms with E-state index in [0.717, 1.165) is 6.07 Å². The van der Waals surface area contributed by atoms with Crippen molar-refractivity contribution in [2.75, 3.05) is 0 Å². The SMILES string of the molecule is Fc1c(CC(F)(F)F)cccc1C(F)(F)F. The number of hydrogen-bond donors (Lipinski definition) is 0. The lowest BCUT2D eigenvalue weighted by atomic mass is 10.1. The van der Waals surface area contributed by atoms with Crippen LogP contribution in [0.2, 0.25) is 0 Å². The zero-order valence-electron chi connectivity index (χ0n) is 7.58. The number of hydrogen-bond acceptors (Lipinski definition) is 0. The molecule has 7 heteroatoms. The Morgan fingerprint density at radius 1 is 0.938 bits per heavy atom. The molecule has 0 fully saturated rings. The molecule has 0 aliphatic rings. The molecule has 0 aliphatic heterocycles. The lowest BCUT2D eigenvalue weighted by Crippen LogP contribution is -2.16. The van der Waals surface area contributed by atoms with Crippen LogP contribution in [-0.4, -0.2) is 6.18 Å². The van der Waals surface area contributed by atoms with Gasteiger partial charge < -0.3 is 0 Å². The molecule has 0 unspecified atom stereocenters. The third kappa shape index (κ3) is 3.11. The highest BCUT2D eigenvalue weighted by molar-refractivity contribution is 5.28. The predicted molar refractivity (Wildman–Crippen MR) is 41.2 cm³/mol. The van der Waals surface area contributed by atoms with E-state index in [1.54, 1.807) is 0 Å². The Morgan fingerprint density at radius 2 is 1.50 bits per heavy atom. The minimum atomic E-state index is -4.99. The second-order valence-electron chi connectivity index (χ2n) is 3.07. The van der Waals surface area contributed by atoms with Gasteiger partial charge in [-0.1, -0.05) is 12.1 Å². The Hall–Kier alpha value is -1.27. The molecule has 0 aromatic heterocycles. The van der Waals surface area contributed by atoms with Gasteiger partial charge in [0.1, 0.15) is 5.82 Å². The van der Waals surface area contributed by atoms with Crippen molar-refractivity contribution in [1.29, 1.82) is 0 Å². The van der Waals surface area contributed by atoms with Gasteiger partial charge in [-0.2, -0.15) is 26.3 Å². The van der Waals surface area contributed by atoms with E-state index >= 15 is 0 Å². The summed E-state index contributed by atoms with van der Waals surface area (Å²) in [5.74, 6) is -1.87. The summed E-state index contributed by atoms with van der Waals surface area (Å²) in [6, 6.07) is 1.82. The van der Waals surface area contributed by atoms with Gasteiger partial charge in [0, 0.05) is 0 Å². The first-order valence-corrected chi connectivity index (χ1v) is 4.02. The summed E-state index contributed by atoms with van der Waals surface area (Å²) >= 11 is 0. The quantitative estimate of drug-likeness (QED) is 0.658. The van der Waals surface area contributed by atoms with Crippen molar-refractivity contribution in [3.63, 3.8) is 0 Å². The Kier molecular flexibility index (Phi) is 3.16. The topological polar surface area (TPSA) is 0 Å². The Morgan fingerprint density at radius 3 is 1.94 bits per heavy atom. The molecule has 1 rings (SSSR count). The Bertz CT molecular complexity index is 374. The van der Waals surface area contributed by atoms with Crippen molar-refractivity contribution in [2.24, 2.45) is 0 Å². The summed E-state index contributed by atoms with van der Waals surface area (Å²) < 4.78 is 85.2. The summed E-state index contributed by atoms with van der Waals surface area (Å²) in [6.45, 7) is 0. The maximum atomic E-state index is 13.1. The van der Waals surface area contributed by atoms with Gasteiger partial charge in [0.25, 0.3) is 0 Å². The lowest BCUT2D eigenvalue weighted by Gasteiger charge is -2.12. The molecule has 0 nitrogen and oxygen atoms in total. The van der Waals surface area contributed by atoms with Gasteiger partial charge in [-0.05, 0) is 11.6 Å². The monoisotopic (exact) mass is 246 g/mol. The second kappa shape index (κ2) is 3.95. The van der Waals surface area contributed by atoms with Crippen LogP contribution in [-0.2, 0) is 12.6 Å². The first-order valence-electron chi connectivity index (χ1n) is 4.02. The summed E-state index contributed by atoms with van der Waals surface area (Å²) in [5.41, 5.74) is -2.70. The third-order valence-electron chi connectivity index (χ3n) is 1.77. The fourth-order valence-corrected chi connectivity index (χ4v) is 1.15. The van der Waals surface area contributed by atoms with E-state index in [9.17, 15) is 30.7 Å². The first-order chi connectivity index (χ1) is 7.11. The minimum Gasteiger partial charge on any atom is -0.206 e. The fourth-order valence-electron chi connectivity index (χ4n) is 1.15. The molecule has 90 valence electrons. The molecule has 0 bridgehead atoms. The summed E-state index contributed by atoms with van der Waals surface area (Å²) in [7, 11) is 0.